The van der Waals surface area contributed by atoms with E-state index in [0.717, 1.165) is 4.57 Å². The van der Waals surface area contributed by atoms with E-state index in [1.807, 2.05) is 6.92 Å². The summed E-state index contributed by atoms with van der Waals surface area (Å²) in [5.74, 6) is 1.15. The van der Waals surface area contributed by atoms with Crippen LogP contribution in [-0.2, 0) is 7.05 Å². The molecule has 8 nitrogen and oxygen atoms in total. The number of hydrogen-bond donors (Lipinski definition) is 4. The first-order chi connectivity index (χ1) is 12.7. The normalized spacial score (nSPS) is 11.1. The number of carbonyl (C=O) groups is 1. The zero-order valence-corrected chi connectivity index (χ0v) is 15.6. The Balaban J connectivity index is 2.58. The van der Waals surface area contributed by atoms with E-state index in [1.165, 1.54) is 24.1 Å². The van der Waals surface area contributed by atoms with Crippen molar-refractivity contribution in [2.24, 2.45) is 12.0 Å². The number of phenolic OH excluding ortho intramolecular Hbond substituents is 1. The fourth-order valence-corrected chi connectivity index (χ4v) is 2.41. The highest BCUT2D eigenvalue weighted by Crippen LogP contribution is 2.47. The largest absolute Gasteiger partial charge is 0.505 e. The number of rotatable bonds is 5. The van der Waals surface area contributed by atoms with Crippen molar-refractivity contribution < 1.29 is 20.1 Å². The molecule has 0 bridgehead atoms. The molecule has 0 atom stereocenters. The van der Waals surface area contributed by atoms with E-state index < -0.39 is 0 Å². The second kappa shape index (κ2) is 7.74. The van der Waals surface area contributed by atoms with Gasteiger partial charge in [0, 0.05) is 21.1 Å². The summed E-state index contributed by atoms with van der Waals surface area (Å²) in [5.41, 5.74) is 0.723. The molecule has 2 aromatic rings. The van der Waals surface area contributed by atoms with Crippen molar-refractivity contribution in [1.82, 2.24) is 9.47 Å². The Hall–Kier alpha value is -3.60. The van der Waals surface area contributed by atoms with Gasteiger partial charge in [0.25, 0.3) is 5.91 Å². The molecular weight excluding hydrogens is 348 g/mol. The summed E-state index contributed by atoms with van der Waals surface area (Å²) in [4.78, 5) is 17.7. The predicted octanol–water partition coefficient (Wildman–Crippen LogP) is 2.70. The third-order valence-corrected chi connectivity index (χ3v) is 3.99. The number of aromatic hydroxyl groups is 3. The van der Waals surface area contributed by atoms with Crippen LogP contribution in [0, 0.1) is 12.3 Å². The summed E-state index contributed by atoms with van der Waals surface area (Å²) >= 11 is 0. The molecule has 0 aliphatic rings. The molecule has 1 amide bonds. The SMILES string of the molecule is C#CC(CC)=Nc1c(Nc2cccc(C(=O)N(C)C)c2O)c(O)n(C)c1O. The third-order valence-electron chi connectivity index (χ3n) is 3.99. The van der Waals surface area contributed by atoms with Crippen molar-refractivity contribution in [2.75, 3.05) is 19.4 Å². The second-order valence-corrected chi connectivity index (χ2v) is 6.01. The molecule has 1 aromatic heterocycles. The first kappa shape index (κ1) is 19.7. The highest BCUT2D eigenvalue weighted by atomic mass is 16.3. The van der Waals surface area contributed by atoms with Gasteiger partial charge in [-0.2, -0.15) is 0 Å². The quantitative estimate of drug-likeness (QED) is 0.367. The molecule has 27 heavy (non-hydrogen) atoms. The number of hydrogen-bond acceptors (Lipinski definition) is 6. The highest BCUT2D eigenvalue weighted by molar-refractivity contribution is 6.03. The fourth-order valence-electron chi connectivity index (χ4n) is 2.41. The van der Waals surface area contributed by atoms with Gasteiger partial charge in [0.2, 0.25) is 11.8 Å². The Morgan fingerprint density at radius 1 is 1.30 bits per heavy atom. The van der Waals surface area contributed by atoms with Crippen molar-refractivity contribution in [3.05, 3.63) is 23.8 Å². The van der Waals surface area contributed by atoms with Gasteiger partial charge >= 0.3 is 0 Å². The smallest absolute Gasteiger partial charge is 0.257 e. The molecule has 142 valence electrons. The summed E-state index contributed by atoms with van der Waals surface area (Å²) in [6, 6.07) is 4.60. The van der Waals surface area contributed by atoms with Crippen molar-refractivity contribution in [3.63, 3.8) is 0 Å². The van der Waals surface area contributed by atoms with Crippen molar-refractivity contribution in [1.29, 1.82) is 0 Å². The maximum atomic E-state index is 12.2. The van der Waals surface area contributed by atoms with E-state index in [-0.39, 0.29) is 46.0 Å². The third kappa shape index (κ3) is 3.67. The van der Waals surface area contributed by atoms with E-state index in [9.17, 15) is 20.1 Å². The fraction of sp³-hybridized carbons (Fsp3) is 0.263. The number of aliphatic imine (C=N–C) groups is 1. The number of anilines is 2. The van der Waals surface area contributed by atoms with Gasteiger partial charge in [0.15, 0.2) is 11.4 Å². The number of nitrogens with one attached hydrogen (secondary N) is 1. The van der Waals surface area contributed by atoms with Gasteiger partial charge in [0.05, 0.1) is 17.0 Å². The molecule has 2 rings (SSSR count). The topological polar surface area (TPSA) is 110 Å². The number of benzene rings is 1. The van der Waals surface area contributed by atoms with Gasteiger partial charge in [0.1, 0.15) is 5.69 Å². The van der Waals surface area contributed by atoms with E-state index >= 15 is 0 Å². The van der Waals surface area contributed by atoms with Gasteiger partial charge in [-0.25, -0.2) is 4.99 Å². The molecular formula is C19H22N4O4. The number of phenols is 1. The molecule has 8 heteroatoms. The number of aromatic nitrogens is 1. The van der Waals surface area contributed by atoms with Crippen LogP contribution in [0.2, 0.25) is 0 Å². The molecule has 0 radical (unpaired) electrons. The predicted molar refractivity (Wildman–Crippen MR) is 104 cm³/mol. The van der Waals surface area contributed by atoms with Crippen LogP contribution in [0.4, 0.5) is 17.1 Å². The van der Waals surface area contributed by atoms with Crippen molar-refractivity contribution in [3.8, 4) is 29.9 Å². The standard InChI is InChI=1S/C19H22N4O4/c1-6-11(7-2)20-14-15(19(27)23(5)18(14)26)21-13-10-8-9-12(16(13)24)17(25)22(3)4/h1,8-10,21,24,26-27H,7H2,2-5H3. The van der Waals surface area contributed by atoms with E-state index in [0.29, 0.717) is 12.1 Å². The number of amides is 1. The van der Waals surface area contributed by atoms with Crippen LogP contribution >= 0.6 is 0 Å². The molecule has 0 aliphatic carbocycles. The Kier molecular flexibility index (Phi) is 5.66. The summed E-state index contributed by atoms with van der Waals surface area (Å²) < 4.78 is 1.12. The van der Waals surface area contributed by atoms with Gasteiger partial charge in [-0.05, 0) is 18.6 Å². The average Bonchev–Trinajstić information content (AvgIpc) is 2.84. The molecule has 0 aliphatic heterocycles. The lowest BCUT2D eigenvalue weighted by Gasteiger charge is -2.14. The van der Waals surface area contributed by atoms with Crippen LogP contribution in [0.1, 0.15) is 23.7 Å². The maximum Gasteiger partial charge on any atom is 0.257 e. The zero-order valence-electron chi connectivity index (χ0n) is 15.6. The molecule has 1 heterocycles. The second-order valence-electron chi connectivity index (χ2n) is 6.01. The van der Waals surface area contributed by atoms with Crippen LogP contribution in [0.5, 0.6) is 17.5 Å². The highest BCUT2D eigenvalue weighted by Gasteiger charge is 2.23. The van der Waals surface area contributed by atoms with Crippen LogP contribution in [0.15, 0.2) is 23.2 Å². The summed E-state index contributed by atoms with van der Waals surface area (Å²) in [7, 11) is 4.59. The first-order valence-corrected chi connectivity index (χ1v) is 8.18. The van der Waals surface area contributed by atoms with Crippen LogP contribution < -0.4 is 5.32 Å². The Labute approximate surface area is 157 Å². The first-order valence-electron chi connectivity index (χ1n) is 8.18. The lowest BCUT2D eigenvalue weighted by Crippen LogP contribution is -2.21. The number of terminal acetylenes is 1. The van der Waals surface area contributed by atoms with E-state index in [4.69, 9.17) is 6.42 Å². The molecule has 0 spiro atoms. The van der Waals surface area contributed by atoms with Crippen LogP contribution in [0.3, 0.4) is 0 Å². The minimum Gasteiger partial charge on any atom is -0.505 e. The van der Waals surface area contributed by atoms with Crippen molar-refractivity contribution in [2.45, 2.75) is 13.3 Å². The minimum absolute atomic E-state index is 0.0357. The van der Waals surface area contributed by atoms with E-state index in [2.05, 4.69) is 16.2 Å². The number of carbonyl (C=O) groups excluding carboxylic acids is 1. The Bertz CT molecular complexity index is 952. The molecule has 0 fully saturated rings. The average molecular weight is 370 g/mol. The Morgan fingerprint density at radius 3 is 2.52 bits per heavy atom. The number of nitrogens with zero attached hydrogens (tertiary/aromatic N) is 3. The van der Waals surface area contributed by atoms with Crippen LogP contribution in [0.25, 0.3) is 0 Å². The van der Waals surface area contributed by atoms with Gasteiger partial charge in [-0.1, -0.05) is 18.9 Å². The molecule has 4 N–H and O–H groups in total. The Morgan fingerprint density at radius 2 is 1.96 bits per heavy atom. The van der Waals surface area contributed by atoms with Gasteiger partial charge < -0.3 is 25.5 Å². The molecule has 0 saturated carbocycles. The minimum atomic E-state index is -0.380. The van der Waals surface area contributed by atoms with Crippen molar-refractivity contribution >= 4 is 28.7 Å². The maximum absolute atomic E-state index is 12.2. The lowest BCUT2D eigenvalue weighted by molar-refractivity contribution is 0.0824. The summed E-state index contributed by atoms with van der Waals surface area (Å²) in [6.07, 6.45) is 5.86. The monoisotopic (exact) mass is 370 g/mol. The number of para-hydroxylation sites is 1. The molecule has 0 saturated heterocycles. The van der Waals surface area contributed by atoms with E-state index in [1.54, 1.807) is 20.2 Å². The lowest BCUT2D eigenvalue weighted by atomic mass is 10.1. The summed E-state index contributed by atoms with van der Waals surface area (Å²) in [6.45, 7) is 1.81. The van der Waals surface area contributed by atoms with Gasteiger partial charge in [-0.3, -0.25) is 9.36 Å². The summed E-state index contributed by atoms with van der Waals surface area (Å²) in [5, 5.41) is 33.9. The van der Waals surface area contributed by atoms with Crippen LogP contribution in [-0.4, -0.2) is 50.5 Å². The van der Waals surface area contributed by atoms with Gasteiger partial charge in [-0.15, -0.1) is 6.42 Å². The molecule has 0 unspecified atom stereocenters. The zero-order chi connectivity index (χ0) is 20.3. The molecule has 1 aromatic carbocycles.